The first-order valence-electron chi connectivity index (χ1n) is 4.92. The average molecular weight is 303 g/mol. The van der Waals surface area contributed by atoms with Crippen molar-refractivity contribution >= 4 is 38.5 Å². The van der Waals surface area contributed by atoms with Crippen molar-refractivity contribution in [2.24, 2.45) is 4.99 Å². The maximum atomic E-state index is 13.5. The highest BCUT2D eigenvalue weighted by Crippen LogP contribution is 2.31. The molecule has 2 nitrogen and oxygen atoms in total. The van der Waals surface area contributed by atoms with Crippen molar-refractivity contribution < 1.29 is 4.39 Å². The van der Waals surface area contributed by atoms with Gasteiger partial charge < -0.3 is 5.32 Å². The molecule has 0 aromatic heterocycles. The van der Waals surface area contributed by atoms with E-state index in [4.69, 9.17) is 0 Å². The number of benzene rings is 1. The SMILES string of the molecule is CC1(C)CSC(Nc2c(F)cccc2Br)=N1. The van der Waals surface area contributed by atoms with Gasteiger partial charge in [-0.1, -0.05) is 17.8 Å². The molecule has 5 heteroatoms. The van der Waals surface area contributed by atoms with E-state index in [2.05, 4.69) is 40.1 Å². The van der Waals surface area contributed by atoms with Gasteiger partial charge in [0.1, 0.15) is 5.82 Å². The molecule has 0 aliphatic carbocycles. The molecule has 1 aromatic carbocycles. The number of nitrogens with one attached hydrogen (secondary N) is 1. The number of hydrogen-bond donors (Lipinski definition) is 1. The molecule has 1 heterocycles. The van der Waals surface area contributed by atoms with Crippen LogP contribution in [0.3, 0.4) is 0 Å². The Morgan fingerprint density at radius 1 is 1.50 bits per heavy atom. The minimum Gasteiger partial charge on any atom is -0.332 e. The highest BCUT2D eigenvalue weighted by atomic mass is 79.9. The molecule has 0 saturated heterocycles. The van der Waals surface area contributed by atoms with Gasteiger partial charge >= 0.3 is 0 Å². The van der Waals surface area contributed by atoms with Crippen molar-refractivity contribution in [1.29, 1.82) is 0 Å². The van der Waals surface area contributed by atoms with Crippen LogP contribution in [0.25, 0.3) is 0 Å². The number of halogens is 2. The maximum Gasteiger partial charge on any atom is 0.161 e. The lowest BCUT2D eigenvalue weighted by molar-refractivity contribution is 0.604. The summed E-state index contributed by atoms with van der Waals surface area (Å²) < 4.78 is 14.2. The van der Waals surface area contributed by atoms with Crippen LogP contribution in [0.1, 0.15) is 13.8 Å². The molecule has 1 aliphatic heterocycles. The summed E-state index contributed by atoms with van der Waals surface area (Å²) in [6.45, 7) is 4.12. The lowest BCUT2D eigenvalue weighted by Crippen LogP contribution is -2.15. The minimum atomic E-state index is -0.276. The first kappa shape index (κ1) is 11.9. The molecule has 0 fully saturated rings. The molecule has 0 spiro atoms. The third-order valence-electron chi connectivity index (χ3n) is 2.16. The molecular formula is C11H12BrFN2S. The van der Waals surface area contributed by atoms with Gasteiger partial charge in [0.25, 0.3) is 0 Å². The van der Waals surface area contributed by atoms with Crippen LogP contribution in [0.4, 0.5) is 10.1 Å². The number of rotatable bonds is 1. The fraction of sp³-hybridized carbons (Fsp3) is 0.364. The van der Waals surface area contributed by atoms with Crippen molar-refractivity contribution in [1.82, 2.24) is 0 Å². The van der Waals surface area contributed by atoms with Gasteiger partial charge in [0, 0.05) is 10.2 Å². The quantitative estimate of drug-likeness (QED) is 0.851. The van der Waals surface area contributed by atoms with Crippen molar-refractivity contribution in [3.63, 3.8) is 0 Å². The maximum absolute atomic E-state index is 13.5. The van der Waals surface area contributed by atoms with Crippen molar-refractivity contribution in [3.05, 3.63) is 28.5 Å². The summed E-state index contributed by atoms with van der Waals surface area (Å²) in [4.78, 5) is 4.48. The standard InChI is InChI=1S/C11H12BrFN2S/c1-11(2)6-16-10(15-11)14-9-7(12)4-3-5-8(9)13/h3-5H,6H2,1-2H3,(H,14,15). The van der Waals surface area contributed by atoms with E-state index in [1.807, 2.05) is 0 Å². The van der Waals surface area contributed by atoms with Crippen LogP contribution in [0.2, 0.25) is 0 Å². The molecule has 1 aliphatic rings. The second kappa shape index (κ2) is 4.37. The Balaban J connectivity index is 2.23. The van der Waals surface area contributed by atoms with Gasteiger partial charge in [-0.05, 0) is 41.9 Å². The second-order valence-electron chi connectivity index (χ2n) is 4.24. The number of anilines is 1. The minimum absolute atomic E-state index is 0.0647. The monoisotopic (exact) mass is 302 g/mol. The van der Waals surface area contributed by atoms with E-state index in [0.717, 1.165) is 10.9 Å². The van der Waals surface area contributed by atoms with Gasteiger partial charge in [0.05, 0.1) is 11.2 Å². The zero-order valence-corrected chi connectivity index (χ0v) is 11.5. The van der Waals surface area contributed by atoms with E-state index in [1.165, 1.54) is 6.07 Å². The summed E-state index contributed by atoms with van der Waals surface area (Å²) in [5.41, 5.74) is 0.386. The van der Waals surface area contributed by atoms with Crippen LogP contribution >= 0.6 is 27.7 Å². The van der Waals surface area contributed by atoms with Crippen LogP contribution in [-0.2, 0) is 0 Å². The largest absolute Gasteiger partial charge is 0.332 e. The molecule has 0 saturated carbocycles. The molecule has 0 atom stereocenters. The number of hydrogen-bond acceptors (Lipinski definition) is 3. The summed E-state index contributed by atoms with van der Waals surface area (Å²) in [7, 11) is 0. The normalized spacial score (nSPS) is 18.4. The highest BCUT2D eigenvalue weighted by Gasteiger charge is 2.26. The van der Waals surface area contributed by atoms with Gasteiger partial charge in [0.2, 0.25) is 0 Å². The topological polar surface area (TPSA) is 24.4 Å². The fourth-order valence-corrected chi connectivity index (χ4v) is 2.85. The van der Waals surface area contributed by atoms with Crippen LogP contribution < -0.4 is 5.32 Å². The second-order valence-corrected chi connectivity index (χ2v) is 6.06. The van der Waals surface area contributed by atoms with Crippen LogP contribution in [0.5, 0.6) is 0 Å². The molecule has 1 aromatic rings. The average Bonchev–Trinajstić information content (AvgIpc) is 2.52. The first-order valence-corrected chi connectivity index (χ1v) is 6.69. The van der Waals surface area contributed by atoms with Crippen molar-refractivity contribution in [2.45, 2.75) is 19.4 Å². The predicted molar refractivity (Wildman–Crippen MR) is 71.7 cm³/mol. The molecular weight excluding hydrogens is 291 g/mol. The molecule has 1 N–H and O–H groups in total. The lowest BCUT2D eigenvalue weighted by Gasteiger charge is -2.10. The van der Waals surface area contributed by atoms with Gasteiger partial charge in [-0.25, -0.2) is 4.39 Å². The van der Waals surface area contributed by atoms with Crippen LogP contribution in [0.15, 0.2) is 27.7 Å². The third kappa shape index (κ3) is 2.58. The van der Waals surface area contributed by atoms with Gasteiger partial charge in [0.15, 0.2) is 5.17 Å². The van der Waals surface area contributed by atoms with E-state index in [9.17, 15) is 4.39 Å². The number of thioether (sulfide) groups is 1. The van der Waals surface area contributed by atoms with Crippen molar-refractivity contribution in [2.75, 3.05) is 11.1 Å². The van der Waals surface area contributed by atoms with Crippen LogP contribution in [-0.4, -0.2) is 16.5 Å². The van der Waals surface area contributed by atoms with E-state index in [-0.39, 0.29) is 11.4 Å². The summed E-state index contributed by atoms with van der Waals surface area (Å²) in [6, 6.07) is 4.90. The number of nitrogens with zero attached hydrogens (tertiary/aromatic N) is 1. The predicted octanol–water partition coefficient (Wildman–Crippen LogP) is 3.88. The molecule has 86 valence electrons. The van der Waals surface area contributed by atoms with Gasteiger partial charge in [-0.2, -0.15) is 0 Å². The Hall–Kier alpha value is -0.550. The Morgan fingerprint density at radius 2 is 2.25 bits per heavy atom. The molecule has 2 rings (SSSR count). The molecule has 0 radical (unpaired) electrons. The smallest absolute Gasteiger partial charge is 0.161 e. The first-order chi connectivity index (χ1) is 7.48. The summed E-state index contributed by atoms with van der Waals surface area (Å²) in [6.07, 6.45) is 0. The summed E-state index contributed by atoms with van der Waals surface area (Å²) in [5, 5.41) is 3.80. The Bertz CT molecular complexity index is 425. The van der Waals surface area contributed by atoms with Crippen molar-refractivity contribution in [3.8, 4) is 0 Å². The molecule has 16 heavy (non-hydrogen) atoms. The number of para-hydroxylation sites is 1. The van der Waals surface area contributed by atoms with Gasteiger partial charge in [-0.3, -0.25) is 4.99 Å². The number of amidine groups is 1. The van der Waals surface area contributed by atoms with E-state index in [0.29, 0.717) is 10.2 Å². The van der Waals surface area contributed by atoms with E-state index < -0.39 is 0 Å². The van der Waals surface area contributed by atoms with Crippen LogP contribution in [0, 0.1) is 5.82 Å². The zero-order valence-electron chi connectivity index (χ0n) is 9.05. The summed E-state index contributed by atoms with van der Waals surface area (Å²) >= 11 is 4.93. The van der Waals surface area contributed by atoms with E-state index >= 15 is 0 Å². The molecule has 0 unspecified atom stereocenters. The van der Waals surface area contributed by atoms with Gasteiger partial charge in [-0.15, -0.1) is 0 Å². The zero-order chi connectivity index (χ0) is 11.8. The number of aliphatic imine (C=N–C) groups is 1. The molecule has 0 bridgehead atoms. The highest BCUT2D eigenvalue weighted by molar-refractivity contribution is 9.10. The fourth-order valence-electron chi connectivity index (χ4n) is 1.37. The summed E-state index contributed by atoms with van der Waals surface area (Å²) in [5.74, 6) is 0.642. The lowest BCUT2D eigenvalue weighted by atomic mass is 10.1. The molecule has 0 amide bonds. The Kier molecular flexibility index (Phi) is 3.26. The third-order valence-corrected chi connectivity index (χ3v) is 4.14. The van der Waals surface area contributed by atoms with E-state index in [1.54, 1.807) is 23.9 Å². The Morgan fingerprint density at radius 3 is 2.81 bits per heavy atom. The Labute approximate surface area is 107 Å².